The molecule has 8 heteroatoms. The molecule has 0 radical (unpaired) electrons. The lowest BCUT2D eigenvalue weighted by Crippen LogP contribution is -2.20. The van der Waals surface area contributed by atoms with E-state index in [9.17, 15) is 13.2 Å². The van der Waals surface area contributed by atoms with E-state index < -0.39 is 11.7 Å². The number of halogens is 3. The van der Waals surface area contributed by atoms with E-state index >= 15 is 0 Å². The van der Waals surface area contributed by atoms with E-state index in [-0.39, 0.29) is 17.9 Å². The predicted molar refractivity (Wildman–Crippen MR) is 102 cm³/mol. The summed E-state index contributed by atoms with van der Waals surface area (Å²) in [6, 6.07) is 6.76. The van der Waals surface area contributed by atoms with Crippen LogP contribution in [0.4, 0.5) is 24.7 Å². The Morgan fingerprint density at radius 1 is 1.11 bits per heavy atom. The van der Waals surface area contributed by atoms with Crippen molar-refractivity contribution in [1.29, 1.82) is 0 Å². The molecule has 0 aliphatic heterocycles. The van der Waals surface area contributed by atoms with Gasteiger partial charge in [-0.05, 0) is 44.5 Å². The van der Waals surface area contributed by atoms with E-state index in [0.29, 0.717) is 18.0 Å². The Morgan fingerprint density at radius 3 is 2.36 bits per heavy atom. The molecule has 28 heavy (non-hydrogen) atoms. The number of alkyl halides is 3. The molecule has 2 aromatic rings. The van der Waals surface area contributed by atoms with Crippen LogP contribution in [0.2, 0.25) is 0 Å². The van der Waals surface area contributed by atoms with Gasteiger partial charge in [0, 0.05) is 18.9 Å². The van der Waals surface area contributed by atoms with Crippen LogP contribution in [0.3, 0.4) is 0 Å². The number of hydrogen-bond acceptors (Lipinski definition) is 5. The van der Waals surface area contributed by atoms with Gasteiger partial charge in [-0.25, -0.2) is 4.98 Å². The molecule has 0 saturated carbocycles. The second kappa shape index (κ2) is 9.61. The van der Waals surface area contributed by atoms with Crippen molar-refractivity contribution in [3.05, 3.63) is 36.0 Å². The number of nitrogens with zero attached hydrogens (tertiary/aromatic N) is 3. The molecule has 0 aliphatic carbocycles. The summed E-state index contributed by atoms with van der Waals surface area (Å²) in [4.78, 5) is 9.03. The normalized spacial score (nSPS) is 11.6. The molecule has 0 saturated heterocycles. The zero-order chi connectivity index (χ0) is 20.7. The minimum Gasteiger partial charge on any atom is -0.494 e. The minimum absolute atomic E-state index is 0.0965. The standard InChI is InChI=1S/C20H26F3N3O2/c1-5-6-7-12-27-16-10-8-15(9-11-16)26(4)18-17(20(21,22)23)13-24-19(25-18)28-14(2)3/h8-11,13-14H,5-7,12H2,1-4H3. The van der Waals surface area contributed by atoms with Gasteiger partial charge in [0.15, 0.2) is 5.82 Å². The maximum absolute atomic E-state index is 13.4. The van der Waals surface area contributed by atoms with Gasteiger partial charge in [-0.3, -0.25) is 0 Å². The maximum Gasteiger partial charge on any atom is 0.421 e. The van der Waals surface area contributed by atoms with E-state index in [0.717, 1.165) is 25.5 Å². The molecular weight excluding hydrogens is 371 g/mol. The van der Waals surface area contributed by atoms with Crippen LogP contribution in [0, 0.1) is 0 Å². The first-order valence-electron chi connectivity index (χ1n) is 9.29. The van der Waals surface area contributed by atoms with Gasteiger partial charge in [-0.1, -0.05) is 19.8 Å². The predicted octanol–water partition coefficient (Wildman–Crippen LogP) is 5.62. The third kappa shape index (κ3) is 6.00. The molecule has 1 aromatic heterocycles. The van der Waals surface area contributed by atoms with Gasteiger partial charge in [0.1, 0.15) is 11.3 Å². The van der Waals surface area contributed by atoms with Gasteiger partial charge < -0.3 is 14.4 Å². The SMILES string of the molecule is CCCCCOc1ccc(N(C)c2nc(OC(C)C)ncc2C(F)(F)F)cc1. The highest BCUT2D eigenvalue weighted by Gasteiger charge is 2.36. The smallest absolute Gasteiger partial charge is 0.421 e. The molecule has 0 fully saturated rings. The average molecular weight is 397 g/mol. The summed E-state index contributed by atoms with van der Waals surface area (Å²) in [5.41, 5.74) is -0.383. The molecule has 0 N–H and O–H groups in total. The van der Waals surface area contributed by atoms with Crippen LogP contribution in [0.15, 0.2) is 30.5 Å². The van der Waals surface area contributed by atoms with Crippen LogP contribution < -0.4 is 14.4 Å². The average Bonchev–Trinajstić information content (AvgIpc) is 2.64. The zero-order valence-electron chi connectivity index (χ0n) is 16.6. The summed E-state index contributed by atoms with van der Waals surface area (Å²) in [5.74, 6) is 0.408. The fraction of sp³-hybridized carbons (Fsp3) is 0.500. The van der Waals surface area contributed by atoms with Crippen molar-refractivity contribution in [3.63, 3.8) is 0 Å². The third-order valence-electron chi connectivity index (χ3n) is 3.95. The second-order valence-electron chi connectivity index (χ2n) is 6.66. The lowest BCUT2D eigenvalue weighted by Gasteiger charge is -2.23. The highest BCUT2D eigenvalue weighted by molar-refractivity contribution is 5.63. The maximum atomic E-state index is 13.4. The Morgan fingerprint density at radius 2 is 1.79 bits per heavy atom. The van der Waals surface area contributed by atoms with Gasteiger partial charge in [-0.15, -0.1) is 0 Å². The second-order valence-corrected chi connectivity index (χ2v) is 6.66. The monoisotopic (exact) mass is 397 g/mol. The molecule has 0 atom stereocenters. The van der Waals surface area contributed by atoms with Crippen LogP contribution in [0.5, 0.6) is 11.8 Å². The summed E-state index contributed by atoms with van der Waals surface area (Å²) >= 11 is 0. The molecule has 2 rings (SSSR count). The Kier molecular flexibility index (Phi) is 7.48. The topological polar surface area (TPSA) is 47.5 Å². The van der Waals surface area contributed by atoms with Crippen molar-refractivity contribution < 1.29 is 22.6 Å². The Labute approximate surface area is 163 Å². The van der Waals surface area contributed by atoms with E-state index in [1.807, 2.05) is 0 Å². The zero-order valence-corrected chi connectivity index (χ0v) is 16.6. The van der Waals surface area contributed by atoms with Crippen molar-refractivity contribution in [3.8, 4) is 11.8 Å². The number of ether oxygens (including phenoxy) is 2. The van der Waals surface area contributed by atoms with Gasteiger partial charge in [0.25, 0.3) is 0 Å². The number of benzene rings is 1. The van der Waals surface area contributed by atoms with E-state index in [2.05, 4.69) is 16.9 Å². The van der Waals surface area contributed by atoms with Crippen LogP contribution in [0.1, 0.15) is 45.6 Å². The van der Waals surface area contributed by atoms with Crippen molar-refractivity contribution >= 4 is 11.5 Å². The molecular formula is C20H26F3N3O2. The Bertz CT molecular complexity index is 749. The number of anilines is 2. The molecule has 0 bridgehead atoms. The van der Waals surface area contributed by atoms with Gasteiger partial charge in [-0.2, -0.15) is 18.2 Å². The van der Waals surface area contributed by atoms with Gasteiger partial charge in [0.2, 0.25) is 0 Å². The number of unbranched alkanes of at least 4 members (excludes halogenated alkanes) is 2. The van der Waals surface area contributed by atoms with Crippen molar-refractivity contribution in [2.75, 3.05) is 18.6 Å². The first-order chi connectivity index (χ1) is 13.2. The van der Waals surface area contributed by atoms with E-state index in [1.54, 1.807) is 38.1 Å². The molecule has 154 valence electrons. The molecule has 1 heterocycles. The summed E-state index contributed by atoms with van der Waals surface area (Å²) in [7, 11) is 1.52. The fourth-order valence-corrected chi connectivity index (χ4v) is 2.51. The van der Waals surface area contributed by atoms with Crippen molar-refractivity contribution in [2.24, 2.45) is 0 Å². The van der Waals surface area contributed by atoms with Crippen LogP contribution in [-0.2, 0) is 6.18 Å². The molecule has 0 unspecified atom stereocenters. The molecule has 0 spiro atoms. The van der Waals surface area contributed by atoms with E-state index in [1.165, 1.54) is 11.9 Å². The highest BCUT2D eigenvalue weighted by atomic mass is 19.4. The van der Waals surface area contributed by atoms with Gasteiger partial charge >= 0.3 is 12.2 Å². The Hall–Kier alpha value is -2.51. The number of aromatic nitrogens is 2. The first kappa shape index (κ1) is 21.8. The molecule has 5 nitrogen and oxygen atoms in total. The number of rotatable bonds is 9. The lowest BCUT2D eigenvalue weighted by atomic mass is 10.2. The molecule has 1 aromatic carbocycles. The summed E-state index contributed by atoms with van der Waals surface area (Å²) < 4.78 is 51.3. The van der Waals surface area contributed by atoms with E-state index in [4.69, 9.17) is 9.47 Å². The van der Waals surface area contributed by atoms with Crippen molar-refractivity contribution in [2.45, 2.75) is 52.3 Å². The van der Waals surface area contributed by atoms with Crippen LogP contribution in [-0.4, -0.2) is 29.7 Å². The molecule has 0 amide bonds. The summed E-state index contributed by atoms with van der Waals surface area (Å²) in [6.45, 7) is 6.24. The minimum atomic E-state index is -4.58. The summed E-state index contributed by atoms with van der Waals surface area (Å²) in [6.07, 6.45) is -0.915. The van der Waals surface area contributed by atoms with Crippen LogP contribution >= 0.6 is 0 Å². The fourth-order valence-electron chi connectivity index (χ4n) is 2.51. The quantitative estimate of drug-likeness (QED) is 0.514. The third-order valence-corrected chi connectivity index (χ3v) is 3.95. The molecule has 0 aliphatic rings. The lowest BCUT2D eigenvalue weighted by molar-refractivity contribution is -0.137. The van der Waals surface area contributed by atoms with Crippen molar-refractivity contribution in [1.82, 2.24) is 9.97 Å². The van der Waals surface area contributed by atoms with Gasteiger partial charge in [0.05, 0.1) is 12.7 Å². The number of hydrogen-bond donors (Lipinski definition) is 0. The Balaban J connectivity index is 2.24. The largest absolute Gasteiger partial charge is 0.494 e. The first-order valence-corrected chi connectivity index (χ1v) is 9.29. The highest BCUT2D eigenvalue weighted by Crippen LogP contribution is 2.38. The summed E-state index contributed by atoms with van der Waals surface area (Å²) in [5, 5.41) is 0. The van der Waals surface area contributed by atoms with Crippen LogP contribution in [0.25, 0.3) is 0 Å².